The van der Waals surface area contributed by atoms with Crippen LogP contribution < -0.4 is 31.9 Å². The number of rotatable bonds is 14. The molecular formula is C24H39N7O2. The van der Waals surface area contributed by atoms with Crippen molar-refractivity contribution in [1.29, 1.82) is 0 Å². The molecule has 0 bridgehead atoms. The van der Waals surface area contributed by atoms with Crippen molar-refractivity contribution in [3.8, 4) is 0 Å². The van der Waals surface area contributed by atoms with Crippen LogP contribution in [0.3, 0.4) is 0 Å². The number of pyridine rings is 1. The Labute approximate surface area is 197 Å². The van der Waals surface area contributed by atoms with E-state index >= 15 is 0 Å². The summed E-state index contributed by atoms with van der Waals surface area (Å²) in [7, 11) is 3.80. The predicted octanol–water partition coefficient (Wildman–Crippen LogP) is 0.951. The predicted molar refractivity (Wildman–Crippen MR) is 133 cm³/mol. The van der Waals surface area contributed by atoms with Crippen LogP contribution in [0.25, 0.3) is 5.70 Å². The summed E-state index contributed by atoms with van der Waals surface area (Å²) in [5.74, 6) is 0.838. The van der Waals surface area contributed by atoms with Crippen molar-refractivity contribution >= 4 is 23.7 Å². The van der Waals surface area contributed by atoms with Gasteiger partial charge in [-0.2, -0.15) is 0 Å². The van der Waals surface area contributed by atoms with Gasteiger partial charge in [0.25, 0.3) is 0 Å². The maximum absolute atomic E-state index is 12.1. The molecule has 0 radical (unpaired) electrons. The number of aromatic nitrogens is 1. The number of Topliss-reactive ketones (excluding diaryl/α,β-unsaturated/α-hetero) is 1. The van der Waals surface area contributed by atoms with E-state index in [4.69, 9.17) is 10.7 Å². The van der Waals surface area contributed by atoms with Gasteiger partial charge in [0, 0.05) is 44.5 Å². The molecule has 2 heterocycles. The first kappa shape index (κ1) is 26.3. The van der Waals surface area contributed by atoms with Crippen molar-refractivity contribution in [2.45, 2.75) is 38.6 Å². The minimum absolute atomic E-state index is 0.0434. The lowest BCUT2D eigenvalue weighted by Crippen LogP contribution is -2.54. The molecule has 1 amide bonds. The molecule has 6 N–H and O–H groups in total. The molecule has 1 saturated heterocycles. The number of anilines is 1. The number of amides is 1. The number of carbonyl (C=O) groups excluding carboxylic acids is 2. The zero-order valence-electron chi connectivity index (χ0n) is 20.3. The number of hydrogen-bond acceptors (Lipinski definition) is 8. The fourth-order valence-electron chi connectivity index (χ4n) is 3.98. The van der Waals surface area contributed by atoms with Crippen molar-refractivity contribution in [3.05, 3.63) is 42.4 Å². The summed E-state index contributed by atoms with van der Waals surface area (Å²) >= 11 is 0. The first-order valence-corrected chi connectivity index (χ1v) is 11.3. The van der Waals surface area contributed by atoms with E-state index in [-0.39, 0.29) is 17.9 Å². The van der Waals surface area contributed by atoms with Gasteiger partial charge in [-0.05, 0) is 37.9 Å². The molecule has 1 aromatic rings. The molecule has 0 spiro atoms. The van der Waals surface area contributed by atoms with Gasteiger partial charge in [0.05, 0.1) is 23.5 Å². The molecule has 0 aromatic carbocycles. The van der Waals surface area contributed by atoms with E-state index in [9.17, 15) is 9.59 Å². The van der Waals surface area contributed by atoms with E-state index in [0.29, 0.717) is 25.1 Å². The highest BCUT2D eigenvalue weighted by molar-refractivity contribution is 5.85. The van der Waals surface area contributed by atoms with E-state index in [1.54, 1.807) is 0 Å². The zero-order chi connectivity index (χ0) is 24.5. The lowest BCUT2D eigenvalue weighted by Gasteiger charge is -2.33. The van der Waals surface area contributed by atoms with Crippen LogP contribution in [0.2, 0.25) is 0 Å². The second kappa shape index (κ2) is 11.8. The van der Waals surface area contributed by atoms with Gasteiger partial charge in [0.2, 0.25) is 6.41 Å². The molecule has 0 aliphatic carbocycles. The van der Waals surface area contributed by atoms with E-state index in [1.807, 2.05) is 57.2 Å². The fourth-order valence-corrected chi connectivity index (χ4v) is 3.98. The molecule has 1 fully saturated rings. The summed E-state index contributed by atoms with van der Waals surface area (Å²) in [6.45, 7) is 10.3. The lowest BCUT2D eigenvalue weighted by atomic mass is 9.83. The van der Waals surface area contributed by atoms with Gasteiger partial charge >= 0.3 is 0 Å². The zero-order valence-corrected chi connectivity index (χ0v) is 20.3. The van der Waals surface area contributed by atoms with Gasteiger partial charge in [0.1, 0.15) is 5.82 Å². The molecular weight excluding hydrogens is 418 g/mol. The second-order valence-electron chi connectivity index (χ2n) is 9.28. The standard InChI is InChI=1S/C24H39N7O2/c1-18(29-19(14-26-4)9-10-23(2,3)21(33)13-25)20-7-6-8-22(30-20)31(5)16-24(28-17-32)11-12-27-15-24/h6-8,14,17,26-27,29H,1,9-13,15-16,25H2,2-5H3,(H,28,32)/b19-14+. The Hall–Kier alpha value is -2.91. The lowest BCUT2D eigenvalue weighted by molar-refractivity contribution is -0.126. The molecule has 182 valence electrons. The largest absolute Gasteiger partial charge is 0.393 e. The van der Waals surface area contributed by atoms with Crippen molar-refractivity contribution < 1.29 is 9.59 Å². The SMILES string of the molecule is C=C(N/C(=C/NC)CCC(C)(C)C(=O)CN)c1cccc(N(C)CC2(NC=O)CCNC2)n1. The van der Waals surface area contributed by atoms with Crippen LogP contribution >= 0.6 is 0 Å². The smallest absolute Gasteiger partial charge is 0.207 e. The maximum atomic E-state index is 12.1. The van der Waals surface area contributed by atoms with Crippen LogP contribution in [0, 0.1) is 5.41 Å². The van der Waals surface area contributed by atoms with E-state index in [1.165, 1.54) is 0 Å². The summed E-state index contributed by atoms with van der Waals surface area (Å²) in [5.41, 5.74) is 7.05. The third-order valence-corrected chi connectivity index (χ3v) is 6.17. The third-order valence-electron chi connectivity index (χ3n) is 6.17. The van der Waals surface area contributed by atoms with E-state index in [0.717, 1.165) is 43.1 Å². The number of nitrogens with one attached hydrogen (secondary N) is 4. The average molecular weight is 458 g/mol. The minimum atomic E-state index is -0.494. The fraction of sp³-hybridized carbons (Fsp3) is 0.542. The van der Waals surface area contributed by atoms with Crippen molar-refractivity contribution in [3.63, 3.8) is 0 Å². The van der Waals surface area contributed by atoms with Crippen molar-refractivity contribution in [2.75, 3.05) is 45.2 Å². The van der Waals surface area contributed by atoms with Crippen LogP contribution in [0.5, 0.6) is 0 Å². The number of nitrogens with zero attached hydrogens (tertiary/aromatic N) is 2. The Balaban J connectivity index is 2.08. The van der Waals surface area contributed by atoms with Crippen LogP contribution in [-0.4, -0.2) is 63.0 Å². The Kier molecular flexibility index (Phi) is 9.43. The topological polar surface area (TPSA) is 124 Å². The van der Waals surface area contributed by atoms with Gasteiger partial charge < -0.3 is 31.9 Å². The number of likely N-dealkylation sites (N-methyl/N-ethyl adjacent to an activating group) is 1. The summed E-state index contributed by atoms with van der Waals surface area (Å²) in [6, 6.07) is 5.79. The van der Waals surface area contributed by atoms with Crippen LogP contribution in [-0.2, 0) is 9.59 Å². The quantitative estimate of drug-likeness (QED) is 0.262. The van der Waals surface area contributed by atoms with Gasteiger partial charge in [-0.15, -0.1) is 0 Å². The number of carbonyl (C=O) groups is 2. The third kappa shape index (κ3) is 7.30. The monoisotopic (exact) mass is 457 g/mol. The van der Waals surface area contributed by atoms with Crippen molar-refractivity contribution in [2.24, 2.45) is 11.1 Å². The highest BCUT2D eigenvalue weighted by Crippen LogP contribution is 2.26. The molecule has 1 atom stereocenters. The molecule has 1 aliphatic rings. The molecule has 2 rings (SSSR count). The average Bonchev–Trinajstić information content (AvgIpc) is 3.25. The highest BCUT2D eigenvalue weighted by Gasteiger charge is 2.34. The highest BCUT2D eigenvalue weighted by atomic mass is 16.1. The summed E-state index contributed by atoms with van der Waals surface area (Å²) < 4.78 is 0. The Morgan fingerprint density at radius 2 is 2.18 bits per heavy atom. The maximum Gasteiger partial charge on any atom is 0.207 e. The number of allylic oxidation sites excluding steroid dienone is 1. The van der Waals surface area contributed by atoms with Crippen LogP contribution in [0.1, 0.15) is 38.8 Å². The normalized spacial score (nSPS) is 18.5. The molecule has 1 unspecified atom stereocenters. The van der Waals surface area contributed by atoms with Gasteiger partial charge in [0.15, 0.2) is 5.78 Å². The summed E-state index contributed by atoms with van der Waals surface area (Å²) in [4.78, 5) is 30.0. The first-order valence-electron chi connectivity index (χ1n) is 11.3. The number of ketones is 1. The van der Waals surface area contributed by atoms with Gasteiger partial charge in [-0.1, -0.05) is 26.5 Å². The molecule has 9 nitrogen and oxygen atoms in total. The number of hydrogen-bond donors (Lipinski definition) is 5. The molecule has 1 aliphatic heterocycles. The Bertz CT molecular complexity index is 860. The Morgan fingerprint density at radius 1 is 1.42 bits per heavy atom. The summed E-state index contributed by atoms with van der Waals surface area (Å²) in [5, 5.41) is 12.7. The van der Waals surface area contributed by atoms with Crippen molar-refractivity contribution in [1.82, 2.24) is 26.3 Å². The molecule has 9 heteroatoms. The Morgan fingerprint density at radius 3 is 2.79 bits per heavy atom. The molecule has 33 heavy (non-hydrogen) atoms. The molecule has 0 saturated carbocycles. The molecule has 1 aromatic heterocycles. The summed E-state index contributed by atoms with van der Waals surface area (Å²) in [6.07, 6.45) is 4.82. The minimum Gasteiger partial charge on any atom is -0.393 e. The van der Waals surface area contributed by atoms with Gasteiger partial charge in [-0.25, -0.2) is 4.98 Å². The van der Waals surface area contributed by atoms with E-state index < -0.39 is 5.41 Å². The van der Waals surface area contributed by atoms with Crippen LogP contribution in [0.4, 0.5) is 5.82 Å². The number of nitrogens with two attached hydrogens (primary N) is 1. The van der Waals surface area contributed by atoms with Crippen LogP contribution in [0.15, 0.2) is 36.7 Å². The first-order chi connectivity index (χ1) is 15.7. The van der Waals surface area contributed by atoms with E-state index in [2.05, 4.69) is 27.8 Å². The second-order valence-corrected chi connectivity index (χ2v) is 9.28. The van der Waals surface area contributed by atoms with Gasteiger partial charge in [-0.3, -0.25) is 9.59 Å².